The Morgan fingerprint density at radius 1 is 1.60 bits per heavy atom. The van der Waals surface area contributed by atoms with E-state index in [0.29, 0.717) is 12.8 Å². The van der Waals surface area contributed by atoms with Crippen LogP contribution in [-0.4, -0.2) is 12.8 Å². The van der Waals surface area contributed by atoms with Gasteiger partial charge in [0, 0.05) is 0 Å². The highest BCUT2D eigenvalue weighted by Gasteiger charge is 1.94. The standard InChI is InChI=1S/C8H17NO/c1-4-6-9-7-10-8(3)5-2/h4,6,8-9H,5,7H2,1-3H3. The van der Waals surface area contributed by atoms with E-state index in [2.05, 4.69) is 19.2 Å². The molecule has 0 rings (SSSR count). The Labute approximate surface area is 63.3 Å². The molecule has 2 heteroatoms. The van der Waals surface area contributed by atoms with Crippen molar-refractivity contribution in [2.45, 2.75) is 33.3 Å². The van der Waals surface area contributed by atoms with Gasteiger partial charge < -0.3 is 10.1 Å². The first-order valence-corrected chi connectivity index (χ1v) is 3.77. The molecule has 2 nitrogen and oxygen atoms in total. The molecule has 60 valence electrons. The number of hydrogen-bond donors (Lipinski definition) is 1. The van der Waals surface area contributed by atoms with Crippen molar-refractivity contribution in [1.29, 1.82) is 0 Å². The lowest BCUT2D eigenvalue weighted by Gasteiger charge is -2.09. The van der Waals surface area contributed by atoms with E-state index in [-0.39, 0.29) is 0 Å². The van der Waals surface area contributed by atoms with Crippen molar-refractivity contribution < 1.29 is 4.74 Å². The Hall–Kier alpha value is -0.500. The number of ether oxygens (including phenoxy) is 1. The average Bonchev–Trinajstić information content (AvgIpc) is 1.98. The molecule has 1 atom stereocenters. The van der Waals surface area contributed by atoms with Crippen molar-refractivity contribution in [2.75, 3.05) is 6.73 Å². The van der Waals surface area contributed by atoms with Crippen LogP contribution in [0.3, 0.4) is 0 Å². The summed E-state index contributed by atoms with van der Waals surface area (Å²) in [6.45, 7) is 6.76. The van der Waals surface area contributed by atoms with Gasteiger partial charge in [0.1, 0.15) is 6.73 Å². The Balaban J connectivity index is 3.03. The second-order valence-electron chi connectivity index (χ2n) is 2.23. The fraction of sp³-hybridized carbons (Fsp3) is 0.750. The number of hydrogen-bond acceptors (Lipinski definition) is 2. The van der Waals surface area contributed by atoms with Gasteiger partial charge >= 0.3 is 0 Å². The van der Waals surface area contributed by atoms with E-state index in [1.807, 2.05) is 19.2 Å². The third-order valence-corrected chi connectivity index (χ3v) is 1.31. The summed E-state index contributed by atoms with van der Waals surface area (Å²) in [4.78, 5) is 0. The Morgan fingerprint density at radius 2 is 2.30 bits per heavy atom. The minimum Gasteiger partial charge on any atom is -0.369 e. The first-order chi connectivity index (χ1) is 4.81. The average molecular weight is 143 g/mol. The van der Waals surface area contributed by atoms with Crippen LogP contribution >= 0.6 is 0 Å². The normalized spacial score (nSPS) is 13.9. The summed E-state index contributed by atoms with van der Waals surface area (Å²) >= 11 is 0. The molecular weight excluding hydrogens is 126 g/mol. The summed E-state index contributed by atoms with van der Waals surface area (Å²) in [6, 6.07) is 0. The van der Waals surface area contributed by atoms with Crippen LogP contribution in [-0.2, 0) is 4.74 Å². The summed E-state index contributed by atoms with van der Waals surface area (Å²) < 4.78 is 5.33. The smallest absolute Gasteiger partial charge is 0.116 e. The molecule has 0 spiro atoms. The SMILES string of the molecule is CC=CNCOC(C)CC. The fourth-order valence-corrected chi connectivity index (χ4v) is 0.474. The molecular formula is C8H17NO. The van der Waals surface area contributed by atoms with Gasteiger partial charge in [0.15, 0.2) is 0 Å². The summed E-state index contributed by atoms with van der Waals surface area (Å²) in [7, 11) is 0. The first kappa shape index (κ1) is 9.50. The molecule has 1 unspecified atom stereocenters. The van der Waals surface area contributed by atoms with Crippen LogP contribution in [0.15, 0.2) is 12.3 Å². The molecule has 0 aromatic rings. The van der Waals surface area contributed by atoms with Crippen molar-refractivity contribution in [1.82, 2.24) is 5.32 Å². The third-order valence-electron chi connectivity index (χ3n) is 1.31. The molecule has 0 aromatic carbocycles. The third kappa shape index (κ3) is 5.63. The highest BCUT2D eigenvalue weighted by atomic mass is 16.5. The van der Waals surface area contributed by atoms with Crippen molar-refractivity contribution in [3.63, 3.8) is 0 Å². The molecule has 1 N–H and O–H groups in total. The van der Waals surface area contributed by atoms with Crippen LogP contribution in [0.4, 0.5) is 0 Å². The monoisotopic (exact) mass is 143 g/mol. The van der Waals surface area contributed by atoms with Crippen molar-refractivity contribution in [2.24, 2.45) is 0 Å². The first-order valence-electron chi connectivity index (χ1n) is 3.77. The minimum atomic E-state index is 0.359. The molecule has 0 radical (unpaired) electrons. The molecule has 0 aliphatic heterocycles. The van der Waals surface area contributed by atoms with E-state index in [4.69, 9.17) is 4.74 Å². The Morgan fingerprint density at radius 3 is 2.80 bits per heavy atom. The molecule has 0 aliphatic rings. The highest BCUT2D eigenvalue weighted by Crippen LogP contribution is 1.92. The maximum Gasteiger partial charge on any atom is 0.116 e. The van der Waals surface area contributed by atoms with E-state index in [9.17, 15) is 0 Å². The zero-order chi connectivity index (χ0) is 7.82. The molecule has 0 amide bonds. The van der Waals surface area contributed by atoms with Crippen LogP contribution in [0.2, 0.25) is 0 Å². The summed E-state index contributed by atoms with van der Waals surface area (Å²) in [5, 5.41) is 3.00. The van der Waals surface area contributed by atoms with E-state index in [0.717, 1.165) is 6.42 Å². The number of allylic oxidation sites excluding steroid dienone is 1. The molecule has 0 aromatic heterocycles. The van der Waals surface area contributed by atoms with Crippen LogP contribution in [0, 0.1) is 0 Å². The topological polar surface area (TPSA) is 21.3 Å². The maximum absolute atomic E-state index is 5.33. The highest BCUT2D eigenvalue weighted by molar-refractivity contribution is 4.71. The second kappa shape index (κ2) is 6.62. The van der Waals surface area contributed by atoms with Gasteiger partial charge in [-0.05, 0) is 26.5 Å². The summed E-state index contributed by atoms with van der Waals surface area (Å²) in [6.07, 6.45) is 5.25. The summed E-state index contributed by atoms with van der Waals surface area (Å²) in [5.41, 5.74) is 0. The molecule has 0 heterocycles. The predicted octanol–water partition coefficient (Wildman–Crippen LogP) is 1.88. The molecule has 10 heavy (non-hydrogen) atoms. The van der Waals surface area contributed by atoms with Crippen LogP contribution < -0.4 is 5.32 Å². The lowest BCUT2D eigenvalue weighted by Crippen LogP contribution is -2.16. The van der Waals surface area contributed by atoms with Gasteiger partial charge in [-0.1, -0.05) is 13.0 Å². The van der Waals surface area contributed by atoms with Crippen LogP contribution in [0.5, 0.6) is 0 Å². The van der Waals surface area contributed by atoms with Crippen LogP contribution in [0.1, 0.15) is 27.2 Å². The Kier molecular flexibility index (Phi) is 6.29. The van der Waals surface area contributed by atoms with Gasteiger partial charge in [-0.2, -0.15) is 0 Å². The van der Waals surface area contributed by atoms with Crippen molar-refractivity contribution >= 4 is 0 Å². The molecule has 0 saturated heterocycles. The molecule has 0 aliphatic carbocycles. The van der Waals surface area contributed by atoms with Gasteiger partial charge in [-0.25, -0.2) is 0 Å². The molecule has 0 bridgehead atoms. The van der Waals surface area contributed by atoms with E-state index < -0.39 is 0 Å². The largest absolute Gasteiger partial charge is 0.369 e. The van der Waals surface area contributed by atoms with E-state index in [1.54, 1.807) is 0 Å². The predicted molar refractivity (Wildman–Crippen MR) is 43.7 cm³/mol. The number of rotatable bonds is 5. The molecule has 0 fully saturated rings. The number of nitrogens with one attached hydrogen (secondary N) is 1. The van der Waals surface area contributed by atoms with Crippen molar-refractivity contribution in [3.8, 4) is 0 Å². The van der Waals surface area contributed by atoms with Gasteiger partial charge in [-0.15, -0.1) is 0 Å². The zero-order valence-corrected chi connectivity index (χ0v) is 7.05. The van der Waals surface area contributed by atoms with Gasteiger partial charge in [0.25, 0.3) is 0 Å². The van der Waals surface area contributed by atoms with Gasteiger partial charge in [0.2, 0.25) is 0 Å². The minimum absolute atomic E-state index is 0.359. The zero-order valence-electron chi connectivity index (χ0n) is 7.05. The van der Waals surface area contributed by atoms with E-state index >= 15 is 0 Å². The molecule has 0 saturated carbocycles. The van der Waals surface area contributed by atoms with Gasteiger partial charge in [0.05, 0.1) is 6.10 Å². The summed E-state index contributed by atoms with van der Waals surface area (Å²) in [5.74, 6) is 0. The quantitative estimate of drug-likeness (QED) is 0.468. The lowest BCUT2D eigenvalue weighted by atomic mass is 10.3. The van der Waals surface area contributed by atoms with Gasteiger partial charge in [-0.3, -0.25) is 0 Å². The second-order valence-corrected chi connectivity index (χ2v) is 2.23. The Bertz CT molecular complexity index is 91.3. The van der Waals surface area contributed by atoms with Crippen LogP contribution in [0.25, 0.3) is 0 Å². The fourth-order valence-electron chi connectivity index (χ4n) is 0.474. The lowest BCUT2D eigenvalue weighted by molar-refractivity contribution is 0.0567. The maximum atomic E-state index is 5.33. The van der Waals surface area contributed by atoms with Crippen molar-refractivity contribution in [3.05, 3.63) is 12.3 Å². The van der Waals surface area contributed by atoms with E-state index in [1.165, 1.54) is 0 Å².